The van der Waals surface area contributed by atoms with E-state index >= 15 is 0 Å². The highest BCUT2D eigenvalue weighted by atomic mass is 32.1. The van der Waals surface area contributed by atoms with Gasteiger partial charge in [-0.15, -0.1) is 11.3 Å². The fourth-order valence-corrected chi connectivity index (χ4v) is 3.77. The van der Waals surface area contributed by atoms with Gasteiger partial charge >= 0.3 is 0 Å². The summed E-state index contributed by atoms with van der Waals surface area (Å²) in [6.45, 7) is 2.93. The summed E-state index contributed by atoms with van der Waals surface area (Å²) in [6, 6.07) is 7.38. The normalized spacial score (nSPS) is 15.6. The maximum atomic E-state index is 12.9. The topological polar surface area (TPSA) is 101 Å². The quantitative estimate of drug-likeness (QED) is 0.637. The van der Waals surface area contributed by atoms with E-state index in [-0.39, 0.29) is 43.2 Å². The Morgan fingerprint density at radius 3 is 2.77 bits per heavy atom. The number of para-hydroxylation sites is 1. The first-order valence-corrected chi connectivity index (χ1v) is 10.8. The molecule has 1 aliphatic rings. The van der Waals surface area contributed by atoms with Crippen molar-refractivity contribution in [2.24, 2.45) is 0 Å². The van der Waals surface area contributed by atoms with Crippen LogP contribution in [0.3, 0.4) is 0 Å². The number of benzene rings is 1. The molecule has 8 nitrogen and oxygen atoms in total. The maximum Gasteiger partial charge on any atom is 0.240 e. The molecule has 1 fully saturated rings. The second-order valence-electron chi connectivity index (χ2n) is 7.09. The summed E-state index contributed by atoms with van der Waals surface area (Å²) in [7, 11) is 0. The number of thiazole rings is 1. The summed E-state index contributed by atoms with van der Waals surface area (Å²) in [5.41, 5.74) is 1.54. The molecule has 0 unspecified atom stereocenters. The van der Waals surface area contributed by atoms with Gasteiger partial charge in [-0.3, -0.25) is 14.4 Å². The molecule has 0 aliphatic carbocycles. The third kappa shape index (κ3) is 6.36. The van der Waals surface area contributed by atoms with Crippen LogP contribution in [0.15, 0.2) is 35.8 Å². The largest absolute Gasteiger partial charge is 0.376 e. The number of carbonyl (C=O) groups excluding carboxylic acids is 3. The average Bonchev–Trinajstić information content (AvgIpc) is 3.43. The molecular formula is C21H26N4O4S. The predicted octanol–water partition coefficient (Wildman–Crippen LogP) is 2.50. The predicted molar refractivity (Wildman–Crippen MR) is 115 cm³/mol. The van der Waals surface area contributed by atoms with E-state index < -0.39 is 0 Å². The van der Waals surface area contributed by atoms with Crippen LogP contribution in [0.25, 0.3) is 0 Å². The van der Waals surface area contributed by atoms with Crippen LogP contribution in [0, 0.1) is 6.92 Å². The second-order valence-corrected chi connectivity index (χ2v) is 7.99. The monoisotopic (exact) mass is 430 g/mol. The van der Waals surface area contributed by atoms with Crippen molar-refractivity contribution < 1.29 is 19.1 Å². The lowest BCUT2D eigenvalue weighted by atomic mass is 10.1. The van der Waals surface area contributed by atoms with Crippen molar-refractivity contribution in [1.29, 1.82) is 0 Å². The molecule has 1 aromatic heterocycles. The van der Waals surface area contributed by atoms with E-state index in [1.54, 1.807) is 17.6 Å². The summed E-state index contributed by atoms with van der Waals surface area (Å²) < 4.78 is 5.52. The van der Waals surface area contributed by atoms with E-state index in [1.807, 2.05) is 25.1 Å². The Morgan fingerprint density at radius 2 is 2.07 bits per heavy atom. The summed E-state index contributed by atoms with van der Waals surface area (Å²) >= 11 is 1.31. The van der Waals surface area contributed by atoms with Crippen LogP contribution in [0.4, 0.5) is 10.8 Å². The Labute approximate surface area is 179 Å². The van der Waals surface area contributed by atoms with Crippen LogP contribution in [0.5, 0.6) is 0 Å². The number of nitrogens with zero attached hydrogens (tertiary/aromatic N) is 2. The lowest BCUT2D eigenvalue weighted by molar-refractivity contribution is -0.125. The fraction of sp³-hybridized carbons (Fsp3) is 0.429. The smallest absolute Gasteiger partial charge is 0.240 e. The van der Waals surface area contributed by atoms with Gasteiger partial charge in [0.2, 0.25) is 17.7 Å². The van der Waals surface area contributed by atoms with Crippen LogP contribution in [0.2, 0.25) is 0 Å². The highest BCUT2D eigenvalue weighted by molar-refractivity contribution is 7.13. The standard InChI is InChI=1S/C21H26N4O4S/c1-15-5-2-3-7-17(15)25(14-19(27)23-13-16-6-4-11-29-16)20(28)9-8-18(26)24-21-22-10-12-30-21/h2-3,5,7,10,12,16H,4,6,8-9,11,13-14H2,1H3,(H,23,27)(H,22,24,26)/t16-/m1/s1. The molecule has 3 amide bonds. The zero-order chi connectivity index (χ0) is 21.3. The summed E-state index contributed by atoms with van der Waals surface area (Å²) in [6.07, 6.45) is 3.56. The molecular weight excluding hydrogens is 404 g/mol. The van der Waals surface area contributed by atoms with E-state index in [0.717, 1.165) is 25.0 Å². The number of carbonyl (C=O) groups is 3. The first-order chi connectivity index (χ1) is 14.5. The van der Waals surface area contributed by atoms with Crippen LogP contribution in [0.1, 0.15) is 31.2 Å². The molecule has 1 aromatic carbocycles. The van der Waals surface area contributed by atoms with Gasteiger partial charge in [0, 0.05) is 43.3 Å². The van der Waals surface area contributed by atoms with E-state index in [4.69, 9.17) is 4.74 Å². The molecule has 0 bridgehead atoms. The van der Waals surface area contributed by atoms with Crippen molar-refractivity contribution in [3.8, 4) is 0 Å². The van der Waals surface area contributed by atoms with Gasteiger partial charge < -0.3 is 20.3 Å². The number of amides is 3. The lowest BCUT2D eigenvalue weighted by Gasteiger charge is -2.24. The number of hydrogen-bond acceptors (Lipinski definition) is 6. The molecule has 30 heavy (non-hydrogen) atoms. The van der Waals surface area contributed by atoms with Crippen LogP contribution in [-0.2, 0) is 19.1 Å². The van der Waals surface area contributed by atoms with Crippen LogP contribution >= 0.6 is 11.3 Å². The number of nitrogens with one attached hydrogen (secondary N) is 2. The number of aromatic nitrogens is 1. The van der Waals surface area contributed by atoms with Crippen molar-refractivity contribution in [1.82, 2.24) is 10.3 Å². The Morgan fingerprint density at radius 1 is 1.23 bits per heavy atom. The number of aryl methyl sites for hydroxylation is 1. The van der Waals surface area contributed by atoms with Gasteiger partial charge in [0.15, 0.2) is 5.13 Å². The van der Waals surface area contributed by atoms with Gasteiger partial charge in [0.25, 0.3) is 0 Å². The van der Waals surface area contributed by atoms with Gasteiger partial charge in [-0.2, -0.15) is 0 Å². The van der Waals surface area contributed by atoms with Crippen molar-refractivity contribution >= 4 is 39.9 Å². The van der Waals surface area contributed by atoms with Gasteiger partial charge in [-0.1, -0.05) is 18.2 Å². The molecule has 1 saturated heterocycles. The van der Waals surface area contributed by atoms with E-state index in [1.165, 1.54) is 16.2 Å². The molecule has 0 radical (unpaired) electrons. The zero-order valence-electron chi connectivity index (χ0n) is 16.9. The minimum absolute atomic E-state index is 0.00937. The van der Waals surface area contributed by atoms with Gasteiger partial charge in [0.1, 0.15) is 6.54 Å². The third-order valence-corrected chi connectivity index (χ3v) is 5.49. The van der Waals surface area contributed by atoms with Crippen molar-refractivity contribution in [3.05, 3.63) is 41.4 Å². The maximum absolute atomic E-state index is 12.9. The number of hydrogen-bond donors (Lipinski definition) is 2. The summed E-state index contributed by atoms with van der Waals surface area (Å²) in [4.78, 5) is 43.0. The van der Waals surface area contributed by atoms with Gasteiger partial charge in [-0.05, 0) is 31.4 Å². The first-order valence-electron chi connectivity index (χ1n) is 9.96. The number of rotatable bonds is 9. The van der Waals surface area contributed by atoms with Crippen LogP contribution in [-0.4, -0.2) is 48.5 Å². The van der Waals surface area contributed by atoms with Crippen molar-refractivity contribution in [2.75, 3.05) is 29.9 Å². The van der Waals surface area contributed by atoms with Crippen molar-refractivity contribution in [3.63, 3.8) is 0 Å². The van der Waals surface area contributed by atoms with E-state index in [2.05, 4.69) is 15.6 Å². The molecule has 160 valence electrons. The fourth-order valence-electron chi connectivity index (χ4n) is 3.23. The Hall–Kier alpha value is -2.78. The van der Waals surface area contributed by atoms with Crippen molar-refractivity contribution in [2.45, 2.75) is 38.7 Å². The molecule has 9 heteroatoms. The molecule has 1 aliphatic heterocycles. The SMILES string of the molecule is Cc1ccccc1N(CC(=O)NC[C@H]1CCCO1)C(=O)CCC(=O)Nc1nccs1. The average molecular weight is 431 g/mol. The van der Waals surface area contributed by atoms with Gasteiger partial charge in [0.05, 0.1) is 6.10 Å². The molecule has 2 aromatic rings. The highest BCUT2D eigenvalue weighted by Gasteiger charge is 2.23. The first kappa shape index (κ1) is 21.9. The molecule has 0 saturated carbocycles. The zero-order valence-corrected chi connectivity index (χ0v) is 17.7. The summed E-state index contributed by atoms with van der Waals surface area (Å²) in [5.74, 6) is -0.828. The van der Waals surface area contributed by atoms with E-state index in [9.17, 15) is 14.4 Å². The third-order valence-electron chi connectivity index (χ3n) is 4.80. The Balaban J connectivity index is 1.60. The second kappa shape index (κ2) is 10.8. The van der Waals surface area contributed by atoms with Gasteiger partial charge in [-0.25, -0.2) is 4.98 Å². The Bertz CT molecular complexity index is 866. The highest BCUT2D eigenvalue weighted by Crippen LogP contribution is 2.21. The number of anilines is 2. The Kier molecular flexibility index (Phi) is 7.92. The number of ether oxygens (including phenoxy) is 1. The lowest BCUT2D eigenvalue weighted by Crippen LogP contribution is -2.43. The molecule has 2 heterocycles. The van der Waals surface area contributed by atoms with Crippen LogP contribution < -0.4 is 15.5 Å². The van der Waals surface area contributed by atoms with E-state index in [0.29, 0.717) is 17.4 Å². The molecule has 0 spiro atoms. The molecule has 1 atom stereocenters. The molecule has 2 N–H and O–H groups in total. The summed E-state index contributed by atoms with van der Waals surface area (Å²) in [5, 5.41) is 7.77. The minimum atomic E-state index is -0.286. The molecule has 3 rings (SSSR count). The minimum Gasteiger partial charge on any atom is -0.376 e.